The quantitative estimate of drug-likeness (QED) is 0.745. The minimum atomic E-state index is -5.08. The number of alkyl halides is 3. The summed E-state index contributed by atoms with van der Waals surface area (Å²) in [5.41, 5.74) is 2.25. The lowest BCUT2D eigenvalue weighted by molar-refractivity contribution is -0.192. The van der Waals surface area contributed by atoms with Gasteiger partial charge in [0.25, 0.3) is 0 Å². The fourth-order valence-electron chi connectivity index (χ4n) is 1.86. The molecule has 2 aromatic heterocycles. The third kappa shape index (κ3) is 4.06. The lowest BCUT2D eigenvalue weighted by atomic mass is 10.1. The van der Waals surface area contributed by atoms with Crippen molar-refractivity contribution in [2.75, 3.05) is 0 Å². The van der Waals surface area contributed by atoms with Gasteiger partial charge < -0.3 is 5.11 Å². The van der Waals surface area contributed by atoms with Crippen molar-refractivity contribution in [1.29, 1.82) is 0 Å². The first kappa shape index (κ1) is 16.5. The van der Waals surface area contributed by atoms with Crippen molar-refractivity contribution in [3.63, 3.8) is 0 Å². The van der Waals surface area contributed by atoms with Gasteiger partial charge in [-0.2, -0.15) is 13.2 Å². The molecule has 0 saturated heterocycles. The number of carbonyl (C=O) groups is 1. The third-order valence-corrected chi connectivity index (χ3v) is 2.92. The number of aromatic nitrogens is 3. The number of pyridine rings is 1. The second-order valence-electron chi connectivity index (χ2n) is 4.59. The van der Waals surface area contributed by atoms with E-state index in [1.165, 1.54) is 10.9 Å². The topological polar surface area (TPSA) is 68.0 Å². The maximum Gasteiger partial charge on any atom is 0.490 e. The van der Waals surface area contributed by atoms with Gasteiger partial charge in [0.2, 0.25) is 0 Å². The SMILES string of the molecule is Cc1cc(-n2ccnc2)nc2ccccc12.O=C(O)C(F)(F)F. The molecule has 0 aliphatic heterocycles. The van der Waals surface area contributed by atoms with E-state index in [1.54, 1.807) is 12.5 Å². The number of benzene rings is 1. The molecule has 0 aliphatic carbocycles. The molecule has 0 atom stereocenters. The second kappa shape index (κ2) is 6.47. The van der Waals surface area contributed by atoms with Crippen LogP contribution in [0.2, 0.25) is 0 Å². The molecule has 0 saturated carbocycles. The summed E-state index contributed by atoms with van der Waals surface area (Å²) in [6, 6.07) is 10.2. The van der Waals surface area contributed by atoms with Gasteiger partial charge in [-0.05, 0) is 24.6 Å². The minimum Gasteiger partial charge on any atom is -0.475 e. The van der Waals surface area contributed by atoms with Gasteiger partial charge in [0.1, 0.15) is 12.1 Å². The van der Waals surface area contributed by atoms with E-state index in [2.05, 4.69) is 29.0 Å². The number of aliphatic carboxylic acids is 1. The first-order valence-corrected chi connectivity index (χ1v) is 6.44. The molecule has 2 heterocycles. The molecule has 0 radical (unpaired) electrons. The molecule has 120 valence electrons. The molecule has 0 aliphatic rings. The number of para-hydroxylation sites is 1. The summed E-state index contributed by atoms with van der Waals surface area (Å²) >= 11 is 0. The maximum absolute atomic E-state index is 10.6. The molecule has 3 rings (SSSR count). The Labute approximate surface area is 129 Å². The number of aryl methyl sites for hydroxylation is 1. The van der Waals surface area contributed by atoms with Gasteiger partial charge in [0.15, 0.2) is 0 Å². The summed E-state index contributed by atoms with van der Waals surface area (Å²) in [4.78, 5) is 17.5. The molecule has 5 nitrogen and oxygen atoms in total. The highest BCUT2D eigenvalue weighted by molar-refractivity contribution is 5.82. The number of fused-ring (bicyclic) bond motifs is 1. The number of carboxylic acid groups (broad SMARTS) is 1. The van der Waals surface area contributed by atoms with Crippen molar-refractivity contribution in [3.05, 3.63) is 54.6 Å². The van der Waals surface area contributed by atoms with E-state index < -0.39 is 12.1 Å². The maximum atomic E-state index is 10.6. The number of rotatable bonds is 1. The van der Waals surface area contributed by atoms with Crippen LogP contribution in [-0.4, -0.2) is 31.8 Å². The van der Waals surface area contributed by atoms with Crippen LogP contribution in [0.15, 0.2) is 49.1 Å². The van der Waals surface area contributed by atoms with E-state index in [0.717, 1.165) is 11.3 Å². The standard InChI is InChI=1S/C13H11N3.C2HF3O2/c1-10-8-13(16-7-6-14-9-16)15-12-5-3-2-4-11(10)12;3-2(4,5)1(6)7/h2-9H,1H3;(H,6,7). The highest BCUT2D eigenvalue weighted by Crippen LogP contribution is 2.19. The molecule has 23 heavy (non-hydrogen) atoms. The van der Waals surface area contributed by atoms with Crippen LogP contribution in [-0.2, 0) is 4.79 Å². The lowest BCUT2D eigenvalue weighted by Gasteiger charge is -2.06. The number of halogens is 3. The van der Waals surface area contributed by atoms with E-state index in [9.17, 15) is 13.2 Å². The predicted molar refractivity (Wildman–Crippen MR) is 77.3 cm³/mol. The van der Waals surface area contributed by atoms with Crippen LogP contribution < -0.4 is 0 Å². The van der Waals surface area contributed by atoms with Crippen molar-refractivity contribution < 1.29 is 23.1 Å². The largest absolute Gasteiger partial charge is 0.490 e. The fraction of sp³-hybridized carbons (Fsp3) is 0.133. The lowest BCUT2D eigenvalue weighted by Crippen LogP contribution is -2.21. The molecule has 0 spiro atoms. The Bertz CT molecular complexity index is 814. The van der Waals surface area contributed by atoms with Crippen LogP contribution in [0, 0.1) is 6.92 Å². The van der Waals surface area contributed by atoms with Crippen LogP contribution >= 0.6 is 0 Å². The Morgan fingerprint density at radius 3 is 2.48 bits per heavy atom. The Kier molecular flexibility index (Phi) is 4.63. The second-order valence-corrected chi connectivity index (χ2v) is 4.59. The molecular weight excluding hydrogens is 311 g/mol. The van der Waals surface area contributed by atoms with Gasteiger partial charge in [-0.15, -0.1) is 0 Å². The molecule has 1 aromatic carbocycles. The Morgan fingerprint density at radius 1 is 1.26 bits per heavy atom. The summed E-state index contributed by atoms with van der Waals surface area (Å²) in [5.74, 6) is -1.85. The van der Waals surface area contributed by atoms with E-state index in [1.807, 2.05) is 29.0 Å². The zero-order valence-electron chi connectivity index (χ0n) is 11.9. The molecule has 3 aromatic rings. The van der Waals surface area contributed by atoms with Crippen molar-refractivity contribution in [3.8, 4) is 5.82 Å². The van der Waals surface area contributed by atoms with Crippen LogP contribution in [0.5, 0.6) is 0 Å². The number of hydrogen-bond acceptors (Lipinski definition) is 3. The van der Waals surface area contributed by atoms with Gasteiger partial charge >= 0.3 is 12.1 Å². The van der Waals surface area contributed by atoms with Crippen LogP contribution in [0.25, 0.3) is 16.7 Å². The molecule has 0 fully saturated rings. The number of imidazole rings is 1. The van der Waals surface area contributed by atoms with Crippen molar-refractivity contribution in [2.45, 2.75) is 13.1 Å². The van der Waals surface area contributed by atoms with Gasteiger partial charge in [-0.1, -0.05) is 18.2 Å². The zero-order valence-corrected chi connectivity index (χ0v) is 11.9. The summed E-state index contributed by atoms with van der Waals surface area (Å²) in [6.07, 6.45) is 0.333. The number of carboxylic acids is 1. The molecule has 0 bridgehead atoms. The van der Waals surface area contributed by atoms with Crippen LogP contribution in [0.1, 0.15) is 5.56 Å². The first-order chi connectivity index (χ1) is 10.8. The number of nitrogens with zero attached hydrogens (tertiary/aromatic N) is 3. The summed E-state index contributed by atoms with van der Waals surface area (Å²) in [6.45, 7) is 2.10. The van der Waals surface area contributed by atoms with Crippen molar-refractivity contribution in [2.24, 2.45) is 0 Å². The summed E-state index contributed by atoms with van der Waals surface area (Å²) < 4.78 is 33.7. The molecule has 1 N–H and O–H groups in total. The zero-order chi connectivity index (χ0) is 17.0. The normalized spacial score (nSPS) is 11.0. The smallest absolute Gasteiger partial charge is 0.475 e. The van der Waals surface area contributed by atoms with Crippen molar-refractivity contribution in [1.82, 2.24) is 14.5 Å². The summed E-state index contributed by atoms with van der Waals surface area (Å²) in [5, 5.41) is 8.33. The molecular formula is C15H12F3N3O2. The summed E-state index contributed by atoms with van der Waals surface area (Å²) in [7, 11) is 0. The highest BCUT2D eigenvalue weighted by Gasteiger charge is 2.38. The Balaban J connectivity index is 0.000000236. The van der Waals surface area contributed by atoms with E-state index in [-0.39, 0.29) is 0 Å². The van der Waals surface area contributed by atoms with Crippen LogP contribution in [0.3, 0.4) is 0 Å². The average Bonchev–Trinajstić information content (AvgIpc) is 3.01. The van der Waals surface area contributed by atoms with Gasteiger partial charge in [0.05, 0.1) is 5.52 Å². The van der Waals surface area contributed by atoms with Gasteiger partial charge in [-0.3, -0.25) is 4.57 Å². The Hall–Kier alpha value is -2.90. The first-order valence-electron chi connectivity index (χ1n) is 6.44. The number of hydrogen-bond donors (Lipinski definition) is 1. The van der Waals surface area contributed by atoms with E-state index in [4.69, 9.17) is 9.90 Å². The average molecular weight is 323 g/mol. The Morgan fingerprint density at radius 2 is 1.91 bits per heavy atom. The van der Waals surface area contributed by atoms with Gasteiger partial charge in [0, 0.05) is 17.8 Å². The fourth-order valence-corrected chi connectivity index (χ4v) is 1.86. The predicted octanol–water partition coefficient (Wildman–Crippen LogP) is 3.36. The molecule has 0 amide bonds. The molecule has 8 heteroatoms. The van der Waals surface area contributed by atoms with Crippen molar-refractivity contribution >= 4 is 16.9 Å². The van der Waals surface area contributed by atoms with E-state index >= 15 is 0 Å². The minimum absolute atomic E-state index is 0.911. The monoisotopic (exact) mass is 323 g/mol. The van der Waals surface area contributed by atoms with E-state index in [0.29, 0.717) is 0 Å². The highest BCUT2D eigenvalue weighted by atomic mass is 19.4. The van der Waals surface area contributed by atoms with Gasteiger partial charge in [-0.25, -0.2) is 14.8 Å². The molecule has 0 unspecified atom stereocenters. The van der Waals surface area contributed by atoms with Crippen LogP contribution in [0.4, 0.5) is 13.2 Å². The third-order valence-electron chi connectivity index (χ3n) is 2.92.